The van der Waals surface area contributed by atoms with E-state index >= 15 is 0 Å². The maximum atomic E-state index is 12.6. The number of sulfonamides is 1. The Kier molecular flexibility index (Phi) is 4.27. The van der Waals surface area contributed by atoms with Crippen LogP contribution in [-0.4, -0.2) is 45.1 Å². The third-order valence-corrected chi connectivity index (χ3v) is 7.05. The molecule has 0 saturated carbocycles. The predicted octanol–water partition coefficient (Wildman–Crippen LogP) is 2.39. The summed E-state index contributed by atoms with van der Waals surface area (Å²) in [6, 6.07) is 10.9. The average molecular weight is 361 g/mol. The van der Waals surface area contributed by atoms with E-state index in [0.717, 1.165) is 10.8 Å². The first-order chi connectivity index (χ1) is 11.5. The van der Waals surface area contributed by atoms with Crippen molar-refractivity contribution in [1.29, 1.82) is 0 Å². The van der Waals surface area contributed by atoms with Crippen molar-refractivity contribution in [2.24, 2.45) is 0 Å². The molecule has 0 radical (unpaired) electrons. The van der Waals surface area contributed by atoms with Crippen LogP contribution < -0.4 is 5.46 Å². The molecule has 0 amide bonds. The van der Waals surface area contributed by atoms with Crippen molar-refractivity contribution in [3.05, 3.63) is 36.4 Å². The summed E-state index contributed by atoms with van der Waals surface area (Å²) < 4.78 is 38.8. The zero-order chi connectivity index (χ0) is 18.6. The van der Waals surface area contributed by atoms with Crippen LogP contribution in [0.25, 0.3) is 10.8 Å². The highest BCUT2D eigenvalue weighted by Gasteiger charge is 2.52. The summed E-state index contributed by atoms with van der Waals surface area (Å²) in [6.07, 6.45) is 0. The lowest BCUT2D eigenvalue weighted by molar-refractivity contribution is 0.00578. The molecule has 2 aromatic carbocycles. The first-order valence-electron chi connectivity index (χ1n) is 8.27. The fourth-order valence-corrected chi connectivity index (χ4v) is 4.00. The standard InChI is InChI=1S/C18H24BNO4S/c1-17(2)18(3,4)24-19(23-17)15-11-7-10-14-13(15)9-8-12-16(14)25(21,22)20(5)6/h7-12H,1-6H3. The normalized spacial score (nSPS) is 19.7. The fraction of sp³-hybridized carbons (Fsp3) is 0.444. The molecule has 2 aromatic rings. The van der Waals surface area contributed by atoms with Crippen LogP contribution in [0.1, 0.15) is 27.7 Å². The van der Waals surface area contributed by atoms with Gasteiger partial charge in [-0.05, 0) is 44.6 Å². The minimum atomic E-state index is -3.54. The van der Waals surface area contributed by atoms with E-state index in [1.807, 2.05) is 52.0 Å². The Morgan fingerprint density at radius 3 is 1.96 bits per heavy atom. The highest BCUT2D eigenvalue weighted by atomic mass is 32.2. The summed E-state index contributed by atoms with van der Waals surface area (Å²) in [5, 5.41) is 1.49. The highest BCUT2D eigenvalue weighted by molar-refractivity contribution is 7.89. The summed E-state index contributed by atoms with van der Waals surface area (Å²) >= 11 is 0. The van der Waals surface area contributed by atoms with Gasteiger partial charge in [0.2, 0.25) is 10.0 Å². The minimum Gasteiger partial charge on any atom is -0.399 e. The Bertz CT molecular complexity index is 906. The maximum absolute atomic E-state index is 12.6. The van der Waals surface area contributed by atoms with Crippen LogP contribution >= 0.6 is 0 Å². The van der Waals surface area contributed by atoms with Crippen molar-refractivity contribution in [3.63, 3.8) is 0 Å². The number of rotatable bonds is 3. The molecular formula is C18H24BNO4S. The molecule has 0 spiro atoms. The molecule has 0 atom stereocenters. The molecule has 1 fully saturated rings. The quantitative estimate of drug-likeness (QED) is 0.788. The van der Waals surface area contributed by atoms with Crippen LogP contribution in [0.4, 0.5) is 0 Å². The van der Waals surface area contributed by atoms with E-state index < -0.39 is 28.3 Å². The van der Waals surface area contributed by atoms with Crippen LogP contribution in [0.2, 0.25) is 0 Å². The largest absolute Gasteiger partial charge is 0.495 e. The van der Waals surface area contributed by atoms with Gasteiger partial charge < -0.3 is 9.31 Å². The van der Waals surface area contributed by atoms with Gasteiger partial charge in [0, 0.05) is 19.5 Å². The van der Waals surface area contributed by atoms with Crippen LogP contribution in [-0.2, 0) is 19.3 Å². The summed E-state index contributed by atoms with van der Waals surface area (Å²) in [5.74, 6) is 0. The lowest BCUT2D eigenvalue weighted by atomic mass is 9.76. The number of nitrogens with zero attached hydrogens (tertiary/aromatic N) is 1. The molecule has 5 nitrogen and oxygen atoms in total. The Morgan fingerprint density at radius 2 is 1.40 bits per heavy atom. The molecular weight excluding hydrogens is 337 g/mol. The third kappa shape index (κ3) is 2.89. The van der Waals surface area contributed by atoms with Gasteiger partial charge in [-0.15, -0.1) is 0 Å². The summed E-state index contributed by atoms with van der Waals surface area (Å²) in [5.41, 5.74) is -0.0627. The summed E-state index contributed by atoms with van der Waals surface area (Å²) in [6.45, 7) is 8.00. The van der Waals surface area contributed by atoms with E-state index in [-0.39, 0.29) is 4.90 Å². The maximum Gasteiger partial charge on any atom is 0.495 e. The van der Waals surface area contributed by atoms with Gasteiger partial charge in [0.15, 0.2) is 0 Å². The van der Waals surface area contributed by atoms with Crippen molar-refractivity contribution in [3.8, 4) is 0 Å². The average Bonchev–Trinajstić information content (AvgIpc) is 2.73. The molecule has 1 heterocycles. The molecule has 1 aliphatic rings. The second-order valence-electron chi connectivity index (χ2n) is 7.57. The molecule has 0 bridgehead atoms. The Morgan fingerprint density at radius 1 is 0.880 bits per heavy atom. The number of benzene rings is 2. The topological polar surface area (TPSA) is 55.8 Å². The van der Waals surface area contributed by atoms with Crippen molar-refractivity contribution < 1.29 is 17.7 Å². The first-order valence-corrected chi connectivity index (χ1v) is 9.71. The molecule has 7 heteroatoms. The van der Waals surface area contributed by atoms with Gasteiger partial charge in [0.1, 0.15) is 0 Å². The minimum absolute atomic E-state index is 0.286. The van der Waals surface area contributed by atoms with Gasteiger partial charge in [-0.3, -0.25) is 0 Å². The van der Waals surface area contributed by atoms with E-state index in [1.165, 1.54) is 18.4 Å². The zero-order valence-electron chi connectivity index (χ0n) is 15.5. The Balaban J connectivity index is 2.18. The Hall–Kier alpha value is -1.41. The van der Waals surface area contributed by atoms with Gasteiger partial charge in [-0.1, -0.05) is 30.3 Å². The van der Waals surface area contributed by atoms with Gasteiger partial charge in [0.05, 0.1) is 16.1 Å². The molecule has 3 rings (SSSR count). The highest BCUT2D eigenvalue weighted by Crippen LogP contribution is 2.37. The SMILES string of the molecule is CN(C)S(=O)(=O)c1cccc2c(B3OC(C)(C)C(C)(C)O3)cccc12. The second kappa shape index (κ2) is 5.81. The summed E-state index contributed by atoms with van der Waals surface area (Å²) in [7, 11) is -1.01. The molecule has 0 N–H and O–H groups in total. The number of fused-ring (bicyclic) bond motifs is 1. The van der Waals surface area contributed by atoms with Crippen LogP contribution in [0.5, 0.6) is 0 Å². The predicted molar refractivity (Wildman–Crippen MR) is 101 cm³/mol. The molecule has 0 unspecified atom stereocenters. The summed E-state index contributed by atoms with van der Waals surface area (Å²) in [4.78, 5) is 0.286. The van der Waals surface area contributed by atoms with Crippen LogP contribution in [0, 0.1) is 0 Å². The van der Waals surface area contributed by atoms with Crippen molar-refractivity contribution in [1.82, 2.24) is 4.31 Å². The molecule has 134 valence electrons. The number of hydrogen-bond donors (Lipinski definition) is 0. The van der Waals surface area contributed by atoms with Crippen molar-refractivity contribution in [2.45, 2.75) is 43.8 Å². The van der Waals surface area contributed by atoms with Gasteiger partial charge in [-0.25, -0.2) is 12.7 Å². The monoisotopic (exact) mass is 361 g/mol. The van der Waals surface area contributed by atoms with Gasteiger partial charge in [-0.2, -0.15) is 0 Å². The third-order valence-electron chi connectivity index (χ3n) is 5.18. The first kappa shape index (κ1) is 18.4. The van der Waals surface area contributed by atoms with E-state index in [0.29, 0.717) is 5.39 Å². The molecule has 0 aromatic heterocycles. The fourth-order valence-electron chi connectivity index (χ4n) is 2.90. The number of hydrogen-bond acceptors (Lipinski definition) is 4. The van der Waals surface area contributed by atoms with E-state index in [9.17, 15) is 8.42 Å². The molecule has 25 heavy (non-hydrogen) atoms. The zero-order valence-corrected chi connectivity index (χ0v) is 16.3. The smallest absolute Gasteiger partial charge is 0.399 e. The van der Waals surface area contributed by atoms with E-state index in [1.54, 1.807) is 12.1 Å². The van der Waals surface area contributed by atoms with Crippen molar-refractivity contribution >= 4 is 33.4 Å². The van der Waals surface area contributed by atoms with Gasteiger partial charge >= 0.3 is 7.12 Å². The van der Waals surface area contributed by atoms with Crippen LogP contribution in [0.3, 0.4) is 0 Å². The van der Waals surface area contributed by atoms with Crippen molar-refractivity contribution in [2.75, 3.05) is 14.1 Å². The molecule has 0 aliphatic carbocycles. The second-order valence-corrected chi connectivity index (χ2v) is 9.69. The van der Waals surface area contributed by atoms with Gasteiger partial charge in [0.25, 0.3) is 0 Å². The molecule has 1 aliphatic heterocycles. The lowest BCUT2D eigenvalue weighted by Gasteiger charge is -2.32. The molecule has 1 saturated heterocycles. The lowest BCUT2D eigenvalue weighted by Crippen LogP contribution is -2.41. The Labute approximate surface area is 150 Å². The van der Waals surface area contributed by atoms with Crippen LogP contribution in [0.15, 0.2) is 41.3 Å². The van der Waals surface area contributed by atoms with E-state index in [2.05, 4.69) is 0 Å². The van der Waals surface area contributed by atoms with E-state index in [4.69, 9.17) is 9.31 Å².